The van der Waals surface area contributed by atoms with Crippen LogP contribution in [0.2, 0.25) is 0 Å². The Kier molecular flexibility index (Phi) is 7.88. The summed E-state index contributed by atoms with van der Waals surface area (Å²) >= 11 is 0. The molecule has 0 amide bonds. The van der Waals surface area contributed by atoms with E-state index in [0.29, 0.717) is 18.4 Å². The van der Waals surface area contributed by atoms with Gasteiger partial charge in [-0.25, -0.2) is 4.98 Å². The van der Waals surface area contributed by atoms with Gasteiger partial charge in [0.05, 0.1) is 6.61 Å². The Labute approximate surface area is 109 Å². The third-order valence-electron chi connectivity index (χ3n) is 2.45. The number of aliphatic hydroxyl groups is 1. The van der Waals surface area contributed by atoms with Crippen molar-refractivity contribution in [2.24, 2.45) is 0 Å². The van der Waals surface area contributed by atoms with Gasteiger partial charge in [-0.1, -0.05) is 19.8 Å². The lowest BCUT2D eigenvalue weighted by molar-refractivity contribution is 0.283. The van der Waals surface area contributed by atoms with E-state index in [4.69, 9.17) is 9.84 Å². The minimum atomic E-state index is 0.285. The maximum Gasteiger partial charge on any atom is 0.225 e. The van der Waals surface area contributed by atoms with Crippen LogP contribution in [0.5, 0.6) is 5.88 Å². The lowest BCUT2D eigenvalue weighted by Crippen LogP contribution is -2.06. The first kappa shape index (κ1) is 14.7. The highest BCUT2D eigenvalue weighted by atomic mass is 16.5. The standard InChI is InChI=1S/C13H23N3O2/c1-2-11-18-12-7-9-15-13(16-12)14-8-5-3-4-6-10-17/h7,9,17H,2-6,8,10-11H2,1H3,(H,14,15,16). The van der Waals surface area contributed by atoms with Crippen LogP contribution in [0.4, 0.5) is 5.95 Å². The molecule has 0 saturated carbocycles. The van der Waals surface area contributed by atoms with Crippen molar-refractivity contribution in [3.63, 3.8) is 0 Å². The third kappa shape index (κ3) is 6.39. The fourth-order valence-corrected chi connectivity index (χ4v) is 1.50. The molecule has 0 atom stereocenters. The van der Waals surface area contributed by atoms with Crippen LogP contribution in [0.15, 0.2) is 12.3 Å². The largest absolute Gasteiger partial charge is 0.478 e. The molecule has 1 aromatic heterocycles. The highest BCUT2D eigenvalue weighted by Gasteiger charge is 1.99. The lowest BCUT2D eigenvalue weighted by Gasteiger charge is -2.07. The first-order valence-corrected chi connectivity index (χ1v) is 6.67. The summed E-state index contributed by atoms with van der Waals surface area (Å²) in [5.74, 6) is 1.24. The summed E-state index contributed by atoms with van der Waals surface area (Å²) in [6, 6.07) is 1.77. The van der Waals surface area contributed by atoms with Crippen molar-refractivity contribution in [3.8, 4) is 5.88 Å². The van der Waals surface area contributed by atoms with E-state index in [1.165, 1.54) is 0 Å². The summed E-state index contributed by atoms with van der Waals surface area (Å²) in [5, 5.41) is 11.8. The third-order valence-corrected chi connectivity index (χ3v) is 2.45. The molecule has 0 aliphatic heterocycles. The molecular weight excluding hydrogens is 230 g/mol. The van der Waals surface area contributed by atoms with Crippen LogP contribution in [0, 0.1) is 0 Å². The number of nitrogens with zero attached hydrogens (tertiary/aromatic N) is 2. The second-order valence-electron chi connectivity index (χ2n) is 4.13. The molecule has 5 nitrogen and oxygen atoms in total. The molecule has 1 rings (SSSR count). The van der Waals surface area contributed by atoms with Crippen LogP contribution >= 0.6 is 0 Å². The Bertz CT molecular complexity index is 321. The molecule has 2 N–H and O–H groups in total. The zero-order chi connectivity index (χ0) is 13.1. The van der Waals surface area contributed by atoms with Crippen LogP contribution in [0.1, 0.15) is 39.0 Å². The van der Waals surface area contributed by atoms with Gasteiger partial charge in [-0.3, -0.25) is 0 Å². The summed E-state index contributed by atoms with van der Waals surface area (Å²) in [7, 11) is 0. The quantitative estimate of drug-likeness (QED) is 0.626. The van der Waals surface area contributed by atoms with Crippen LogP contribution in [-0.4, -0.2) is 34.8 Å². The molecule has 0 aliphatic carbocycles. The van der Waals surface area contributed by atoms with Crippen molar-refractivity contribution < 1.29 is 9.84 Å². The van der Waals surface area contributed by atoms with E-state index in [-0.39, 0.29) is 6.61 Å². The van der Waals surface area contributed by atoms with E-state index in [2.05, 4.69) is 22.2 Å². The monoisotopic (exact) mass is 253 g/mol. The van der Waals surface area contributed by atoms with Gasteiger partial charge in [-0.05, 0) is 19.3 Å². The van der Waals surface area contributed by atoms with Gasteiger partial charge >= 0.3 is 0 Å². The number of rotatable bonds is 10. The number of aliphatic hydroxyl groups excluding tert-OH is 1. The van der Waals surface area contributed by atoms with Gasteiger partial charge in [0.2, 0.25) is 11.8 Å². The summed E-state index contributed by atoms with van der Waals surface area (Å²) in [6.07, 6.45) is 6.79. The average Bonchev–Trinajstić information content (AvgIpc) is 2.41. The van der Waals surface area contributed by atoms with E-state index in [9.17, 15) is 0 Å². The van der Waals surface area contributed by atoms with Crippen LogP contribution in [-0.2, 0) is 0 Å². The number of ether oxygens (including phenoxy) is 1. The van der Waals surface area contributed by atoms with E-state index in [1.807, 2.05) is 0 Å². The molecule has 0 aliphatic rings. The maximum absolute atomic E-state index is 8.65. The van der Waals surface area contributed by atoms with Gasteiger partial charge in [0.1, 0.15) is 0 Å². The summed E-state index contributed by atoms with van der Waals surface area (Å²) in [6.45, 7) is 3.88. The van der Waals surface area contributed by atoms with Crippen LogP contribution in [0.3, 0.4) is 0 Å². The highest BCUT2D eigenvalue weighted by Crippen LogP contribution is 2.09. The number of aromatic nitrogens is 2. The Morgan fingerprint density at radius 3 is 2.89 bits per heavy atom. The van der Waals surface area contributed by atoms with E-state index in [0.717, 1.165) is 38.6 Å². The predicted octanol–water partition coefficient (Wildman–Crippen LogP) is 2.23. The Balaban J connectivity index is 2.20. The molecule has 0 radical (unpaired) electrons. The molecular formula is C13H23N3O2. The lowest BCUT2D eigenvalue weighted by atomic mass is 10.2. The number of hydrogen-bond acceptors (Lipinski definition) is 5. The molecule has 0 fully saturated rings. The van der Waals surface area contributed by atoms with Crippen molar-refractivity contribution in [2.75, 3.05) is 25.1 Å². The van der Waals surface area contributed by atoms with Gasteiger partial charge in [-0.15, -0.1) is 0 Å². The van der Waals surface area contributed by atoms with Crippen molar-refractivity contribution in [1.82, 2.24) is 9.97 Å². The number of nitrogens with one attached hydrogen (secondary N) is 1. The van der Waals surface area contributed by atoms with Gasteiger partial charge in [0.15, 0.2) is 0 Å². The van der Waals surface area contributed by atoms with Crippen molar-refractivity contribution in [2.45, 2.75) is 39.0 Å². The first-order chi connectivity index (χ1) is 8.86. The minimum Gasteiger partial charge on any atom is -0.478 e. The topological polar surface area (TPSA) is 67.3 Å². The SMILES string of the molecule is CCCOc1ccnc(NCCCCCCO)n1. The smallest absolute Gasteiger partial charge is 0.225 e. The molecule has 0 unspecified atom stereocenters. The summed E-state index contributed by atoms with van der Waals surface area (Å²) < 4.78 is 5.44. The highest BCUT2D eigenvalue weighted by molar-refractivity contribution is 5.27. The zero-order valence-corrected chi connectivity index (χ0v) is 11.1. The fourth-order valence-electron chi connectivity index (χ4n) is 1.50. The van der Waals surface area contributed by atoms with Crippen molar-refractivity contribution >= 4 is 5.95 Å². The fraction of sp³-hybridized carbons (Fsp3) is 0.692. The Morgan fingerprint density at radius 2 is 2.11 bits per heavy atom. The van der Waals surface area contributed by atoms with Crippen LogP contribution in [0.25, 0.3) is 0 Å². The van der Waals surface area contributed by atoms with E-state index >= 15 is 0 Å². The Morgan fingerprint density at radius 1 is 1.28 bits per heavy atom. The maximum atomic E-state index is 8.65. The minimum absolute atomic E-state index is 0.285. The first-order valence-electron chi connectivity index (χ1n) is 6.67. The number of anilines is 1. The number of unbranched alkanes of at least 4 members (excludes halogenated alkanes) is 3. The molecule has 5 heteroatoms. The molecule has 0 spiro atoms. The van der Waals surface area contributed by atoms with Gasteiger partial charge in [0.25, 0.3) is 0 Å². The van der Waals surface area contributed by atoms with Crippen LogP contribution < -0.4 is 10.1 Å². The molecule has 0 aromatic carbocycles. The van der Waals surface area contributed by atoms with Crippen molar-refractivity contribution in [1.29, 1.82) is 0 Å². The molecule has 0 saturated heterocycles. The second kappa shape index (κ2) is 9.65. The summed E-state index contributed by atoms with van der Waals surface area (Å²) in [4.78, 5) is 8.40. The van der Waals surface area contributed by atoms with E-state index < -0.39 is 0 Å². The molecule has 1 heterocycles. The zero-order valence-electron chi connectivity index (χ0n) is 11.1. The second-order valence-corrected chi connectivity index (χ2v) is 4.13. The Hall–Kier alpha value is -1.36. The molecule has 0 bridgehead atoms. The van der Waals surface area contributed by atoms with Gasteiger partial charge < -0.3 is 15.2 Å². The molecule has 18 heavy (non-hydrogen) atoms. The van der Waals surface area contributed by atoms with Gasteiger partial charge in [0, 0.05) is 25.4 Å². The molecule has 102 valence electrons. The normalized spacial score (nSPS) is 10.3. The summed E-state index contributed by atoms with van der Waals surface area (Å²) in [5.41, 5.74) is 0. The average molecular weight is 253 g/mol. The predicted molar refractivity (Wildman–Crippen MR) is 71.9 cm³/mol. The van der Waals surface area contributed by atoms with E-state index in [1.54, 1.807) is 12.3 Å². The van der Waals surface area contributed by atoms with Crippen molar-refractivity contribution in [3.05, 3.63) is 12.3 Å². The number of hydrogen-bond donors (Lipinski definition) is 2. The molecule has 1 aromatic rings. The van der Waals surface area contributed by atoms with Gasteiger partial charge in [-0.2, -0.15) is 4.98 Å².